The van der Waals surface area contributed by atoms with Crippen LogP contribution in [0.4, 0.5) is 5.69 Å². The number of nitrogens with zero attached hydrogens (tertiary/aromatic N) is 5. The quantitative estimate of drug-likeness (QED) is 0.644. The normalized spacial score (nSPS) is 10.8. The molecule has 6 nitrogen and oxygen atoms in total. The lowest BCUT2D eigenvalue weighted by Gasteiger charge is -2.01. The van der Waals surface area contributed by atoms with Gasteiger partial charge in [0.25, 0.3) is 0 Å². The molecule has 0 atom stereocenters. The van der Waals surface area contributed by atoms with Gasteiger partial charge >= 0.3 is 0 Å². The van der Waals surface area contributed by atoms with Crippen LogP contribution in [0.3, 0.4) is 0 Å². The summed E-state index contributed by atoms with van der Waals surface area (Å²) >= 11 is 0. The molecule has 0 saturated carbocycles. The van der Waals surface area contributed by atoms with Crippen molar-refractivity contribution >= 4 is 11.3 Å². The molecule has 0 aliphatic carbocycles. The first-order valence-electron chi connectivity index (χ1n) is 4.71. The maximum atomic E-state index is 5.84. The summed E-state index contributed by atoms with van der Waals surface area (Å²) in [6.07, 6.45) is 6.59. The van der Waals surface area contributed by atoms with Gasteiger partial charge in [0.05, 0.1) is 11.9 Å². The van der Waals surface area contributed by atoms with Gasteiger partial charge in [-0.2, -0.15) is 0 Å². The highest BCUT2D eigenvalue weighted by Gasteiger charge is 2.09. The van der Waals surface area contributed by atoms with Crippen molar-refractivity contribution in [2.45, 2.75) is 0 Å². The van der Waals surface area contributed by atoms with Gasteiger partial charge in [0.2, 0.25) is 0 Å². The topological polar surface area (TPSA) is 82.0 Å². The minimum absolute atomic E-state index is 0.570. The molecule has 0 bridgehead atoms. The molecule has 6 heteroatoms. The van der Waals surface area contributed by atoms with Crippen LogP contribution in [0.5, 0.6) is 0 Å². The number of aromatic nitrogens is 5. The second-order valence-corrected chi connectivity index (χ2v) is 3.30. The second-order valence-electron chi connectivity index (χ2n) is 3.30. The third-order valence-electron chi connectivity index (χ3n) is 2.31. The zero-order valence-electron chi connectivity index (χ0n) is 8.28. The summed E-state index contributed by atoms with van der Waals surface area (Å²) in [5.74, 6) is 0.669. The lowest BCUT2D eigenvalue weighted by atomic mass is 10.2. The number of rotatable bonds is 1. The maximum Gasteiger partial charge on any atom is 0.171 e. The van der Waals surface area contributed by atoms with E-state index in [-0.39, 0.29) is 0 Å². The van der Waals surface area contributed by atoms with E-state index in [0.29, 0.717) is 11.5 Å². The van der Waals surface area contributed by atoms with E-state index in [1.807, 2.05) is 0 Å². The van der Waals surface area contributed by atoms with Crippen molar-refractivity contribution in [2.75, 3.05) is 5.73 Å². The van der Waals surface area contributed by atoms with Crippen molar-refractivity contribution in [3.63, 3.8) is 0 Å². The first kappa shape index (κ1) is 8.78. The van der Waals surface area contributed by atoms with E-state index in [1.54, 1.807) is 41.5 Å². The van der Waals surface area contributed by atoms with Crippen molar-refractivity contribution in [3.8, 4) is 11.4 Å². The van der Waals surface area contributed by atoms with Gasteiger partial charge in [-0.05, 0) is 6.07 Å². The Labute approximate surface area is 90.8 Å². The lowest BCUT2D eigenvalue weighted by molar-refractivity contribution is 1.08. The number of nitrogen functional groups attached to an aromatic ring is 1. The molecule has 3 heterocycles. The number of fused-ring (bicyclic) bond motifs is 1. The molecule has 0 spiro atoms. The molecular formula is C10H8N6. The first-order chi connectivity index (χ1) is 7.86. The fraction of sp³-hybridized carbons (Fsp3) is 0. The molecule has 3 aromatic rings. The molecule has 3 aromatic heterocycles. The van der Waals surface area contributed by atoms with E-state index in [9.17, 15) is 0 Å². The first-order valence-corrected chi connectivity index (χ1v) is 4.71. The SMILES string of the molecule is Nc1cnccc1-c1nnc2ccncn12. The van der Waals surface area contributed by atoms with Crippen LogP contribution >= 0.6 is 0 Å². The Balaban J connectivity index is 2.31. The van der Waals surface area contributed by atoms with Crippen LogP contribution < -0.4 is 5.73 Å². The summed E-state index contributed by atoms with van der Waals surface area (Å²) in [6.45, 7) is 0. The van der Waals surface area contributed by atoms with Crippen LogP contribution in [0.1, 0.15) is 0 Å². The second kappa shape index (κ2) is 3.27. The zero-order chi connectivity index (χ0) is 11.0. The van der Waals surface area contributed by atoms with Crippen LogP contribution in [-0.2, 0) is 0 Å². The number of anilines is 1. The fourth-order valence-electron chi connectivity index (χ4n) is 1.54. The minimum atomic E-state index is 0.570. The summed E-state index contributed by atoms with van der Waals surface area (Å²) in [4.78, 5) is 7.96. The molecule has 3 rings (SSSR count). The summed E-state index contributed by atoms with van der Waals surface area (Å²) in [5, 5.41) is 8.12. The van der Waals surface area contributed by atoms with E-state index in [2.05, 4.69) is 20.2 Å². The van der Waals surface area contributed by atoms with Gasteiger partial charge in [-0.25, -0.2) is 4.98 Å². The minimum Gasteiger partial charge on any atom is -0.397 e. The molecule has 0 aliphatic heterocycles. The lowest BCUT2D eigenvalue weighted by Crippen LogP contribution is -1.95. The van der Waals surface area contributed by atoms with Crippen molar-refractivity contribution in [2.24, 2.45) is 0 Å². The van der Waals surface area contributed by atoms with Crippen LogP contribution in [0.15, 0.2) is 37.1 Å². The van der Waals surface area contributed by atoms with Crippen LogP contribution in [0.2, 0.25) is 0 Å². The summed E-state index contributed by atoms with van der Waals surface area (Å²) in [6, 6.07) is 3.59. The summed E-state index contributed by atoms with van der Waals surface area (Å²) in [7, 11) is 0. The van der Waals surface area contributed by atoms with Crippen molar-refractivity contribution in [1.29, 1.82) is 0 Å². The highest BCUT2D eigenvalue weighted by atomic mass is 15.3. The largest absolute Gasteiger partial charge is 0.397 e. The molecule has 0 saturated heterocycles. The van der Waals surface area contributed by atoms with Crippen LogP contribution in [0, 0.1) is 0 Å². The van der Waals surface area contributed by atoms with E-state index >= 15 is 0 Å². The molecule has 16 heavy (non-hydrogen) atoms. The van der Waals surface area contributed by atoms with Gasteiger partial charge in [0.15, 0.2) is 11.5 Å². The summed E-state index contributed by atoms with van der Waals surface area (Å²) < 4.78 is 1.78. The number of hydrogen-bond acceptors (Lipinski definition) is 5. The van der Waals surface area contributed by atoms with Gasteiger partial charge in [0.1, 0.15) is 6.33 Å². The molecule has 0 aromatic carbocycles. The average Bonchev–Trinajstić information content (AvgIpc) is 2.74. The smallest absolute Gasteiger partial charge is 0.171 e. The molecular weight excluding hydrogens is 204 g/mol. The van der Waals surface area contributed by atoms with Crippen molar-refractivity contribution < 1.29 is 0 Å². The fourth-order valence-corrected chi connectivity index (χ4v) is 1.54. The molecule has 2 N–H and O–H groups in total. The zero-order valence-corrected chi connectivity index (χ0v) is 8.28. The van der Waals surface area contributed by atoms with E-state index in [1.165, 1.54) is 0 Å². The van der Waals surface area contributed by atoms with E-state index in [0.717, 1.165) is 11.2 Å². The van der Waals surface area contributed by atoms with Gasteiger partial charge < -0.3 is 5.73 Å². The highest BCUT2D eigenvalue weighted by molar-refractivity contribution is 5.71. The van der Waals surface area contributed by atoms with E-state index < -0.39 is 0 Å². The Hall–Kier alpha value is -2.50. The Morgan fingerprint density at radius 3 is 2.81 bits per heavy atom. The Bertz CT molecular complexity index is 644. The maximum absolute atomic E-state index is 5.84. The Morgan fingerprint density at radius 1 is 1.06 bits per heavy atom. The molecule has 0 aliphatic rings. The number of nitrogens with two attached hydrogens (primary N) is 1. The van der Waals surface area contributed by atoms with E-state index in [4.69, 9.17) is 5.73 Å². The summed E-state index contributed by atoms with van der Waals surface area (Å²) in [5.41, 5.74) is 7.95. The third kappa shape index (κ3) is 1.20. The van der Waals surface area contributed by atoms with Gasteiger partial charge in [0, 0.05) is 24.0 Å². The Kier molecular flexibility index (Phi) is 1.79. The van der Waals surface area contributed by atoms with Gasteiger partial charge in [-0.3, -0.25) is 9.38 Å². The average molecular weight is 212 g/mol. The third-order valence-corrected chi connectivity index (χ3v) is 2.31. The predicted molar refractivity (Wildman–Crippen MR) is 58.4 cm³/mol. The number of hydrogen-bond donors (Lipinski definition) is 1. The van der Waals surface area contributed by atoms with Crippen LogP contribution in [-0.4, -0.2) is 24.6 Å². The molecule has 0 radical (unpaired) electrons. The molecule has 78 valence electrons. The standard InChI is InChI=1S/C10H8N6/c11-8-5-12-3-1-7(8)10-15-14-9-2-4-13-6-16(9)10/h1-6H,11H2. The van der Waals surface area contributed by atoms with Gasteiger partial charge in [-0.15, -0.1) is 10.2 Å². The van der Waals surface area contributed by atoms with Crippen molar-refractivity contribution in [1.82, 2.24) is 24.6 Å². The van der Waals surface area contributed by atoms with Crippen molar-refractivity contribution in [3.05, 3.63) is 37.1 Å². The predicted octanol–water partition coefficient (Wildman–Crippen LogP) is 0.768. The molecule has 0 amide bonds. The molecule has 0 fully saturated rings. The van der Waals surface area contributed by atoms with Gasteiger partial charge in [-0.1, -0.05) is 0 Å². The monoisotopic (exact) mass is 212 g/mol. The number of pyridine rings is 1. The van der Waals surface area contributed by atoms with Crippen LogP contribution in [0.25, 0.3) is 17.0 Å². The Morgan fingerprint density at radius 2 is 1.94 bits per heavy atom. The highest BCUT2D eigenvalue weighted by Crippen LogP contribution is 2.22. The molecule has 0 unspecified atom stereocenters.